The molecule has 1 aliphatic heterocycles. The Morgan fingerprint density at radius 2 is 2.00 bits per heavy atom. The molecule has 13 heavy (non-hydrogen) atoms. The van der Waals surface area contributed by atoms with E-state index in [0.29, 0.717) is 11.3 Å². The van der Waals surface area contributed by atoms with Gasteiger partial charge in [0.15, 0.2) is 0 Å². The first kappa shape index (κ1) is 9.66. The summed E-state index contributed by atoms with van der Waals surface area (Å²) >= 11 is 0. The molecule has 3 unspecified atom stereocenters. The van der Waals surface area contributed by atoms with Crippen molar-refractivity contribution in [1.82, 2.24) is 4.90 Å². The summed E-state index contributed by atoms with van der Waals surface area (Å²) in [6.45, 7) is 5.43. The van der Waals surface area contributed by atoms with Gasteiger partial charge in [-0.1, -0.05) is 6.42 Å². The third kappa shape index (κ3) is 1.68. The average Bonchev–Trinajstić information content (AvgIpc) is 2.03. The monoisotopic (exact) mass is 201 g/mol. The number of rotatable bonds is 1. The van der Waals surface area contributed by atoms with Crippen LogP contribution in [0.25, 0.3) is 0 Å². The zero-order valence-electron chi connectivity index (χ0n) is 8.53. The lowest BCUT2D eigenvalue weighted by Crippen LogP contribution is -2.55. The maximum absolute atomic E-state index is 11.6. The number of nitrogens with zero attached hydrogens (tertiary/aromatic N) is 1. The van der Waals surface area contributed by atoms with Crippen LogP contribution in [0.5, 0.6) is 0 Å². The van der Waals surface area contributed by atoms with E-state index in [2.05, 4.69) is 18.7 Å². The van der Waals surface area contributed by atoms with Gasteiger partial charge in [-0.15, -0.1) is 0 Å². The molecule has 0 radical (unpaired) electrons. The van der Waals surface area contributed by atoms with Crippen molar-refractivity contribution < 1.29 is 4.21 Å². The summed E-state index contributed by atoms with van der Waals surface area (Å²) in [5.74, 6) is 0.891. The third-order valence-electron chi connectivity index (χ3n) is 3.71. The molecule has 1 aliphatic carbocycles. The van der Waals surface area contributed by atoms with Gasteiger partial charge in [-0.2, -0.15) is 0 Å². The highest BCUT2D eigenvalue weighted by Gasteiger charge is 2.36. The van der Waals surface area contributed by atoms with E-state index in [0.717, 1.165) is 18.3 Å². The van der Waals surface area contributed by atoms with Crippen LogP contribution in [0.15, 0.2) is 0 Å². The Morgan fingerprint density at radius 3 is 2.54 bits per heavy atom. The zero-order valence-corrected chi connectivity index (χ0v) is 9.35. The minimum atomic E-state index is -0.572. The van der Waals surface area contributed by atoms with E-state index in [4.69, 9.17) is 0 Å². The Balaban J connectivity index is 2.00. The van der Waals surface area contributed by atoms with Crippen molar-refractivity contribution in [3.8, 4) is 0 Å². The molecule has 3 heteroatoms. The van der Waals surface area contributed by atoms with Gasteiger partial charge >= 0.3 is 0 Å². The molecule has 1 saturated heterocycles. The SMILES string of the molecule is CC1C(C)S(=O)CCN1C1CCC1. The molecular formula is C10H19NOS. The van der Waals surface area contributed by atoms with E-state index in [1.54, 1.807) is 0 Å². The number of hydrogen-bond acceptors (Lipinski definition) is 2. The van der Waals surface area contributed by atoms with Gasteiger partial charge in [-0.3, -0.25) is 9.11 Å². The van der Waals surface area contributed by atoms with Crippen LogP contribution in [0.4, 0.5) is 0 Å². The van der Waals surface area contributed by atoms with E-state index < -0.39 is 10.8 Å². The van der Waals surface area contributed by atoms with Gasteiger partial charge in [0.2, 0.25) is 0 Å². The average molecular weight is 201 g/mol. The van der Waals surface area contributed by atoms with Crippen molar-refractivity contribution in [3.63, 3.8) is 0 Å². The molecule has 0 spiro atoms. The van der Waals surface area contributed by atoms with Crippen molar-refractivity contribution >= 4 is 10.8 Å². The summed E-state index contributed by atoms with van der Waals surface area (Å²) in [7, 11) is -0.572. The van der Waals surface area contributed by atoms with Crippen LogP contribution in [0, 0.1) is 0 Å². The van der Waals surface area contributed by atoms with Gasteiger partial charge in [0.1, 0.15) is 0 Å². The molecule has 2 nitrogen and oxygen atoms in total. The Bertz CT molecular complexity index is 215. The standard InChI is InChI=1S/C10H19NOS/c1-8-9(2)13(12)7-6-11(8)10-4-3-5-10/h8-10H,3-7H2,1-2H3. The second kappa shape index (κ2) is 3.70. The van der Waals surface area contributed by atoms with E-state index in [9.17, 15) is 4.21 Å². The summed E-state index contributed by atoms with van der Waals surface area (Å²) in [4.78, 5) is 2.58. The maximum Gasteiger partial charge on any atom is 0.0473 e. The molecule has 2 aliphatic rings. The van der Waals surface area contributed by atoms with Crippen LogP contribution in [-0.4, -0.2) is 38.7 Å². The molecule has 76 valence electrons. The summed E-state index contributed by atoms with van der Waals surface area (Å²) in [5.41, 5.74) is 0. The van der Waals surface area contributed by atoms with Gasteiger partial charge in [-0.05, 0) is 26.7 Å². The van der Waals surface area contributed by atoms with Crippen molar-refractivity contribution in [1.29, 1.82) is 0 Å². The Kier molecular flexibility index (Phi) is 2.75. The highest BCUT2D eigenvalue weighted by molar-refractivity contribution is 7.85. The zero-order chi connectivity index (χ0) is 9.42. The predicted octanol–water partition coefficient (Wildman–Crippen LogP) is 1.38. The fourth-order valence-corrected chi connectivity index (χ4v) is 3.67. The first-order valence-electron chi connectivity index (χ1n) is 5.33. The van der Waals surface area contributed by atoms with Gasteiger partial charge in [0, 0.05) is 40.4 Å². The molecule has 3 atom stereocenters. The normalized spacial score (nSPS) is 43.1. The van der Waals surface area contributed by atoms with Crippen LogP contribution in [0.3, 0.4) is 0 Å². The lowest BCUT2D eigenvalue weighted by Gasteiger charge is -2.45. The molecule has 2 fully saturated rings. The molecule has 0 aromatic rings. The van der Waals surface area contributed by atoms with Gasteiger partial charge in [0.25, 0.3) is 0 Å². The maximum atomic E-state index is 11.6. The Morgan fingerprint density at radius 1 is 1.31 bits per heavy atom. The molecule has 0 bridgehead atoms. The summed E-state index contributed by atoms with van der Waals surface area (Å²) in [6.07, 6.45) is 4.12. The number of hydrogen-bond donors (Lipinski definition) is 0. The van der Waals surface area contributed by atoms with Crippen molar-refractivity contribution in [2.24, 2.45) is 0 Å². The molecule has 1 saturated carbocycles. The summed E-state index contributed by atoms with van der Waals surface area (Å²) < 4.78 is 11.6. The molecule has 0 aromatic heterocycles. The summed E-state index contributed by atoms with van der Waals surface area (Å²) in [6, 6.07) is 1.34. The van der Waals surface area contributed by atoms with Crippen LogP contribution in [-0.2, 0) is 10.8 Å². The van der Waals surface area contributed by atoms with Gasteiger partial charge < -0.3 is 0 Å². The lowest BCUT2D eigenvalue weighted by molar-refractivity contribution is 0.0887. The van der Waals surface area contributed by atoms with Crippen LogP contribution in [0.2, 0.25) is 0 Å². The molecule has 0 amide bonds. The fourth-order valence-electron chi connectivity index (χ4n) is 2.31. The molecule has 1 heterocycles. The smallest absolute Gasteiger partial charge is 0.0473 e. The second-order valence-electron chi connectivity index (χ2n) is 4.35. The van der Waals surface area contributed by atoms with Gasteiger partial charge in [-0.25, -0.2) is 0 Å². The van der Waals surface area contributed by atoms with E-state index in [-0.39, 0.29) is 0 Å². The van der Waals surface area contributed by atoms with Gasteiger partial charge in [0.05, 0.1) is 0 Å². The largest absolute Gasteiger partial charge is 0.296 e. The minimum Gasteiger partial charge on any atom is -0.296 e. The van der Waals surface area contributed by atoms with E-state index in [1.165, 1.54) is 19.3 Å². The predicted molar refractivity (Wildman–Crippen MR) is 56.3 cm³/mol. The first-order valence-corrected chi connectivity index (χ1v) is 6.71. The van der Waals surface area contributed by atoms with Crippen LogP contribution < -0.4 is 0 Å². The molecular weight excluding hydrogens is 182 g/mol. The van der Waals surface area contributed by atoms with Crippen molar-refractivity contribution in [3.05, 3.63) is 0 Å². The fraction of sp³-hybridized carbons (Fsp3) is 1.00. The van der Waals surface area contributed by atoms with E-state index in [1.807, 2.05) is 0 Å². The van der Waals surface area contributed by atoms with Crippen molar-refractivity contribution in [2.75, 3.05) is 12.3 Å². The topological polar surface area (TPSA) is 20.3 Å². The molecule has 0 N–H and O–H groups in total. The second-order valence-corrected chi connectivity index (χ2v) is 6.27. The highest BCUT2D eigenvalue weighted by atomic mass is 32.2. The molecule has 0 aromatic carbocycles. The first-order chi connectivity index (χ1) is 6.20. The lowest BCUT2D eigenvalue weighted by atomic mass is 9.90. The Hall–Kier alpha value is 0.110. The van der Waals surface area contributed by atoms with Crippen molar-refractivity contribution in [2.45, 2.75) is 50.4 Å². The van der Waals surface area contributed by atoms with E-state index >= 15 is 0 Å². The molecule has 2 rings (SSSR count). The summed E-state index contributed by atoms with van der Waals surface area (Å²) in [5, 5.41) is 0.370. The highest BCUT2D eigenvalue weighted by Crippen LogP contribution is 2.29. The third-order valence-corrected chi connectivity index (χ3v) is 5.52. The Labute approximate surface area is 83.1 Å². The van der Waals surface area contributed by atoms with Crippen LogP contribution in [0.1, 0.15) is 33.1 Å². The quantitative estimate of drug-likeness (QED) is 0.639. The van der Waals surface area contributed by atoms with Crippen LogP contribution >= 0.6 is 0 Å². The minimum absolute atomic E-state index is 0.370.